The Morgan fingerprint density at radius 3 is 2.79 bits per heavy atom. The molecule has 0 aliphatic rings. The van der Waals surface area contributed by atoms with Crippen LogP contribution in [0.1, 0.15) is 0 Å². The minimum Gasteiger partial charge on any atom is -0.490 e. The molecule has 0 heterocycles. The lowest BCUT2D eigenvalue weighted by molar-refractivity contribution is 0.325. The first-order valence-corrected chi connectivity index (χ1v) is 7.50. The fourth-order valence-electron chi connectivity index (χ4n) is 1.50. The van der Waals surface area contributed by atoms with Crippen LogP contribution in [0, 0.1) is 5.82 Å². The van der Waals surface area contributed by atoms with E-state index in [0.717, 1.165) is 15.1 Å². The zero-order valence-electron chi connectivity index (χ0n) is 10.1. The van der Waals surface area contributed by atoms with Gasteiger partial charge >= 0.3 is 0 Å². The second-order valence-electron chi connectivity index (χ2n) is 3.81. The van der Waals surface area contributed by atoms with Gasteiger partial charge in [-0.3, -0.25) is 0 Å². The van der Waals surface area contributed by atoms with Gasteiger partial charge in [-0.25, -0.2) is 4.39 Å². The van der Waals surface area contributed by atoms with Crippen molar-refractivity contribution in [3.8, 4) is 5.75 Å². The number of hydrogen-bond acceptors (Lipinski definition) is 3. The van der Waals surface area contributed by atoms with E-state index in [0.29, 0.717) is 12.4 Å². The summed E-state index contributed by atoms with van der Waals surface area (Å²) in [5.41, 5.74) is 6.60. The number of thioether (sulfide) groups is 1. The molecule has 2 N–H and O–H groups in total. The van der Waals surface area contributed by atoms with Crippen LogP contribution in [0.5, 0.6) is 5.75 Å². The van der Waals surface area contributed by atoms with Crippen molar-refractivity contribution < 1.29 is 9.13 Å². The summed E-state index contributed by atoms with van der Waals surface area (Å²) < 4.78 is 19.7. The molecule has 0 unspecified atom stereocenters. The summed E-state index contributed by atoms with van der Waals surface area (Å²) in [4.78, 5) is 0.992. The molecular weight excluding hydrogens is 329 g/mol. The van der Waals surface area contributed by atoms with Crippen LogP contribution in [0.4, 0.5) is 10.1 Å². The van der Waals surface area contributed by atoms with E-state index in [1.807, 2.05) is 18.2 Å². The molecule has 2 aromatic rings. The number of anilines is 1. The largest absolute Gasteiger partial charge is 0.490 e. The number of halogens is 2. The predicted molar refractivity (Wildman–Crippen MR) is 81.2 cm³/mol. The van der Waals surface area contributed by atoms with Gasteiger partial charge in [0.05, 0.1) is 6.61 Å². The summed E-state index contributed by atoms with van der Waals surface area (Å²) >= 11 is 4.99. The van der Waals surface area contributed by atoms with Crippen molar-refractivity contribution in [3.63, 3.8) is 0 Å². The molecule has 0 amide bonds. The Morgan fingerprint density at radius 2 is 2.00 bits per heavy atom. The molecule has 0 aliphatic heterocycles. The molecular formula is C14H13BrFNOS. The topological polar surface area (TPSA) is 35.2 Å². The van der Waals surface area contributed by atoms with Crippen LogP contribution in [0.3, 0.4) is 0 Å². The third kappa shape index (κ3) is 4.14. The third-order valence-corrected chi connectivity index (χ3v) is 3.94. The average molecular weight is 342 g/mol. The van der Waals surface area contributed by atoms with Crippen LogP contribution in [0.15, 0.2) is 51.8 Å². The van der Waals surface area contributed by atoms with E-state index >= 15 is 0 Å². The smallest absolute Gasteiger partial charge is 0.165 e. The maximum absolute atomic E-state index is 13.3. The lowest BCUT2D eigenvalue weighted by Crippen LogP contribution is -2.02. The summed E-state index contributed by atoms with van der Waals surface area (Å²) in [5.74, 6) is 0.648. The fraction of sp³-hybridized carbons (Fsp3) is 0.143. The number of nitrogens with two attached hydrogens (primary N) is 1. The Labute approximate surface area is 124 Å². The van der Waals surface area contributed by atoms with Gasteiger partial charge < -0.3 is 10.5 Å². The predicted octanol–water partition coefficient (Wildman–Crippen LogP) is 4.34. The Hall–Kier alpha value is -1.20. The normalized spacial score (nSPS) is 10.4. The lowest BCUT2D eigenvalue weighted by atomic mass is 10.3. The van der Waals surface area contributed by atoms with E-state index in [4.69, 9.17) is 10.5 Å². The molecule has 0 spiro atoms. The molecule has 0 aliphatic carbocycles. The highest BCUT2D eigenvalue weighted by Crippen LogP contribution is 2.28. The van der Waals surface area contributed by atoms with Crippen molar-refractivity contribution in [2.45, 2.75) is 4.90 Å². The Morgan fingerprint density at radius 1 is 1.21 bits per heavy atom. The zero-order chi connectivity index (χ0) is 13.7. The van der Waals surface area contributed by atoms with Crippen molar-refractivity contribution in [1.82, 2.24) is 0 Å². The fourth-order valence-corrected chi connectivity index (χ4v) is 2.84. The first-order valence-electron chi connectivity index (χ1n) is 5.72. The third-order valence-electron chi connectivity index (χ3n) is 2.41. The second-order valence-corrected chi connectivity index (χ2v) is 5.86. The summed E-state index contributed by atoms with van der Waals surface area (Å²) in [6, 6.07) is 12.1. The van der Waals surface area contributed by atoms with Gasteiger partial charge in [-0.15, -0.1) is 11.8 Å². The van der Waals surface area contributed by atoms with Crippen LogP contribution < -0.4 is 10.5 Å². The van der Waals surface area contributed by atoms with E-state index in [1.54, 1.807) is 30.0 Å². The van der Waals surface area contributed by atoms with Gasteiger partial charge in [0.2, 0.25) is 0 Å². The van der Waals surface area contributed by atoms with Gasteiger partial charge in [0.1, 0.15) is 0 Å². The Balaban J connectivity index is 1.84. The first-order chi connectivity index (χ1) is 9.16. The molecule has 0 aromatic heterocycles. The van der Waals surface area contributed by atoms with E-state index in [9.17, 15) is 4.39 Å². The van der Waals surface area contributed by atoms with Gasteiger partial charge in [-0.05, 0) is 30.3 Å². The van der Waals surface area contributed by atoms with Crippen molar-refractivity contribution in [1.29, 1.82) is 0 Å². The maximum Gasteiger partial charge on any atom is 0.165 e. The molecule has 100 valence electrons. The molecule has 0 saturated carbocycles. The Bertz CT molecular complexity index is 565. The average Bonchev–Trinajstić information content (AvgIpc) is 2.40. The minimum absolute atomic E-state index is 0.283. The number of hydrogen-bond donors (Lipinski definition) is 1. The van der Waals surface area contributed by atoms with Gasteiger partial charge in [0.15, 0.2) is 11.6 Å². The highest BCUT2D eigenvalue weighted by molar-refractivity contribution is 9.10. The minimum atomic E-state index is -0.338. The summed E-state index contributed by atoms with van der Waals surface area (Å²) in [5, 5.41) is 0. The van der Waals surface area contributed by atoms with Crippen molar-refractivity contribution in [2.75, 3.05) is 18.1 Å². The molecule has 0 radical (unpaired) electrons. The van der Waals surface area contributed by atoms with Gasteiger partial charge in [-0.2, -0.15) is 0 Å². The lowest BCUT2D eigenvalue weighted by Gasteiger charge is -2.08. The van der Waals surface area contributed by atoms with Gasteiger partial charge in [0.25, 0.3) is 0 Å². The highest BCUT2D eigenvalue weighted by Gasteiger charge is 2.03. The summed E-state index contributed by atoms with van der Waals surface area (Å²) in [6.45, 7) is 0.428. The summed E-state index contributed by atoms with van der Waals surface area (Å²) in [6.07, 6.45) is 0. The molecule has 19 heavy (non-hydrogen) atoms. The van der Waals surface area contributed by atoms with Crippen LogP contribution >= 0.6 is 27.7 Å². The van der Waals surface area contributed by atoms with Crippen molar-refractivity contribution in [2.24, 2.45) is 0 Å². The molecule has 0 bridgehead atoms. The standard InChI is InChI=1S/C14H13BrFNOS/c15-10-5-6-12(17)14(9-10)19-8-7-18-13-4-2-1-3-11(13)16/h1-6,9H,7-8,17H2. The number of ether oxygens (including phenoxy) is 1. The molecule has 2 aromatic carbocycles. The molecule has 0 fully saturated rings. The molecule has 5 heteroatoms. The van der Waals surface area contributed by atoms with E-state index in [2.05, 4.69) is 15.9 Å². The molecule has 0 atom stereocenters. The van der Waals surface area contributed by atoms with E-state index < -0.39 is 0 Å². The van der Waals surface area contributed by atoms with Crippen LogP contribution in [-0.4, -0.2) is 12.4 Å². The number of rotatable bonds is 5. The van der Waals surface area contributed by atoms with E-state index in [1.165, 1.54) is 6.07 Å². The Kier molecular flexibility index (Phi) is 5.10. The van der Waals surface area contributed by atoms with Crippen LogP contribution in [0.2, 0.25) is 0 Å². The van der Waals surface area contributed by atoms with Crippen molar-refractivity contribution >= 4 is 33.4 Å². The molecule has 2 rings (SSSR count). The quantitative estimate of drug-likeness (QED) is 0.499. The van der Waals surface area contributed by atoms with Crippen molar-refractivity contribution in [3.05, 3.63) is 52.8 Å². The zero-order valence-corrected chi connectivity index (χ0v) is 12.5. The SMILES string of the molecule is Nc1ccc(Br)cc1SCCOc1ccccc1F. The monoisotopic (exact) mass is 341 g/mol. The van der Waals surface area contributed by atoms with Gasteiger partial charge in [0, 0.05) is 20.8 Å². The second kappa shape index (κ2) is 6.82. The number of benzene rings is 2. The first kappa shape index (κ1) is 14.2. The van der Waals surface area contributed by atoms with E-state index in [-0.39, 0.29) is 11.6 Å². The highest BCUT2D eigenvalue weighted by atomic mass is 79.9. The summed E-state index contributed by atoms with van der Waals surface area (Å²) in [7, 11) is 0. The number of nitrogen functional groups attached to an aromatic ring is 1. The van der Waals surface area contributed by atoms with Crippen LogP contribution in [0.25, 0.3) is 0 Å². The van der Waals surface area contributed by atoms with Crippen LogP contribution in [-0.2, 0) is 0 Å². The van der Waals surface area contributed by atoms with Gasteiger partial charge in [-0.1, -0.05) is 28.1 Å². The molecule has 2 nitrogen and oxygen atoms in total. The number of para-hydroxylation sites is 1. The molecule has 0 saturated heterocycles. The maximum atomic E-state index is 13.3.